The zero-order valence-electron chi connectivity index (χ0n) is 13.7. The van der Waals surface area contributed by atoms with E-state index < -0.39 is 11.7 Å². The molecule has 1 aromatic rings. The van der Waals surface area contributed by atoms with Crippen LogP contribution < -0.4 is 10.6 Å². The SMILES string of the molecule is O=C(CCNCCN1CCOCC1)Nc1cc(C(F)(F)F)ccc1Cl. The molecule has 5 nitrogen and oxygen atoms in total. The van der Waals surface area contributed by atoms with Crippen LogP contribution >= 0.6 is 11.6 Å². The molecule has 1 saturated heterocycles. The van der Waals surface area contributed by atoms with Crippen LogP contribution in [0.15, 0.2) is 18.2 Å². The maximum atomic E-state index is 12.7. The molecular formula is C16H21ClF3N3O2. The second-order valence-electron chi connectivity index (χ2n) is 5.69. The molecule has 1 fully saturated rings. The van der Waals surface area contributed by atoms with Gasteiger partial charge in [0.2, 0.25) is 5.91 Å². The molecule has 0 spiro atoms. The number of anilines is 1. The van der Waals surface area contributed by atoms with Crippen LogP contribution in [0.5, 0.6) is 0 Å². The quantitative estimate of drug-likeness (QED) is 0.715. The molecule has 0 unspecified atom stereocenters. The number of rotatable bonds is 7. The van der Waals surface area contributed by atoms with Crippen molar-refractivity contribution in [2.45, 2.75) is 12.6 Å². The third-order valence-electron chi connectivity index (χ3n) is 3.81. The molecule has 0 bridgehead atoms. The molecule has 1 aromatic carbocycles. The minimum absolute atomic E-state index is 0.0326. The first-order valence-corrected chi connectivity index (χ1v) is 8.41. The number of nitrogens with zero attached hydrogens (tertiary/aromatic N) is 1. The molecule has 0 atom stereocenters. The van der Waals surface area contributed by atoms with Crippen LogP contribution in [0.2, 0.25) is 5.02 Å². The van der Waals surface area contributed by atoms with Gasteiger partial charge < -0.3 is 15.4 Å². The van der Waals surface area contributed by atoms with Gasteiger partial charge in [0.05, 0.1) is 29.5 Å². The molecule has 25 heavy (non-hydrogen) atoms. The highest BCUT2D eigenvalue weighted by Crippen LogP contribution is 2.33. The minimum atomic E-state index is -4.48. The molecule has 1 aliphatic heterocycles. The Morgan fingerprint density at radius 1 is 1.24 bits per heavy atom. The molecule has 1 amide bonds. The molecule has 0 aliphatic carbocycles. The summed E-state index contributed by atoms with van der Waals surface area (Å²) >= 11 is 5.85. The summed E-state index contributed by atoms with van der Waals surface area (Å²) < 4.78 is 43.4. The van der Waals surface area contributed by atoms with Gasteiger partial charge in [-0.2, -0.15) is 13.2 Å². The van der Waals surface area contributed by atoms with E-state index >= 15 is 0 Å². The summed E-state index contributed by atoms with van der Waals surface area (Å²) in [6, 6.07) is 2.85. The fourth-order valence-electron chi connectivity index (χ4n) is 2.40. The largest absolute Gasteiger partial charge is 0.416 e. The number of nitrogens with one attached hydrogen (secondary N) is 2. The second-order valence-corrected chi connectivity index (χ2v) is 6.10. The Kier molecular flexibility index (Phi) is 7.49. The first-order valence-electron chi connectivity index (χ1n) is 8.03. The smallest absolute Gasteiger partial charge is 0.379 e. The number of carbonyl (C=O) groups excluding carboxylic acids is 1. The maximum absolute atomic E-state index is 12.7. The predicted octanol–water partition coefficient (Wildman–Crippen LogP) is 2.61. The molecule has 0 radical (unpaired) electrons. The molecule has 0 aromatic heterocycles. The molecule has 1 aliphatic rings. The van der Waals surface area contributed by atoms with Gasteiger partial charge in [-0.1, -0.05) is 11.6 Å². The summed E-state index contributed by atoms with van der Waals surface area (Å²) in [5.74, 6) is -0.389. The molecule has 0 saturated carbocycles. The first kappa shape index (κ1) is 20.0. The van der Waals surface area contributed by atoms with Gasteiger partial charge in [0.15, 0.2) is 0 Å². The number of halogens is 4. The molecular weight excluding hydrogens is 359 g/mol. The lowest BCUT2D eigenvalue weighted by molar-refractivity contribution is -0.137. The lowest BCUT2D eigenvalue weighted by Crippen LogP contribution is -2.40. The number of hydrogen-bond donors (Lipinski definition) is 2. The van der Waals surface area contributed by atoms with Gasteiger partial charge in [-0.05, 0) is 18.2 Å². The Bertz CT molecular complexity index is 578. The average Bonchev–Trinajstić information content (AvgIpc) is 2.56. The van der Waals surface area contributed by atoms with Gasteiger partial charge in [0.25, 0.3) is 0 Å². The summed E-state index contributed by atoms with van der Waals surface area (Å²) in [4.78, 5) is 14.1. The third kappa shape index (κ3) is 6.81. The van der Waals surface area contributed by atoms with E-state index in [1.807, 2.05) is 0 Å². The Morgan fingerprint density at radius 2 is 1.96 bits per heavy atom. The highest BCUT2D eigenvalue weighted by atomic mass is 35.5. The van der Waals surface area contributed by atoms with E-state index in [0.717, 1.165) is 57.6 Å². The highest BCUT2D eigenvalue weighted by Gasteiger charge is 2.31. The average molecular weight is 380 g/mol. The molecule has 1 heterocycles. The van der Waals surface area contributed by atoms with E-state index in [1.165, 1.54) is 0 Å². The lowest BCUT2D eigenvalue weighted by Gasteiger charge is -2.26. The van der Waals surface area contributed by atoms with Crippen molar-refractivity contribution in [3.05, 3.63) is 28.8 Å². The predicted molar refractivity (Wildman–Crippen MR) is 89.8 cm³/mol. The Labute approximate surface area is 149 Å². The van der Waals surface area contributed by atoms with Crippen molar-refractivity contribution >= 4 is 23.2 Å². The van der Waals surface area contributed by atoms with Crippen molar-refractivity contribution in [1.82, 2.24) is 10.2 Å². The van der Waals surface area contributed by atoms with E-state index in [1.54, 1.807) is 0 Å². The van der Waals surface area contributed by atoms with Gasteiger partial charge in [0, 0.05) is 39.1 Å². The number of carbonyl (C=O) groups is 1. The van der Waals surface area contributed by atoms with E-state index in [0.29, 0.717) is 6.54 Å². The lowest BCUT2D eigenvalue weighted by atomic mass is 10.2. The summed E-state index contributed by atoms with van der Waals surface area (Å²) in [7, 11) is 0. The second kappa shape index (κ2) is 9.38. The van der Waals surface area contributed by atoms with Crippen molar-refractivity contribution in [2.24, 2.45) is 0 Å². The van der Waals surface area contributed by atoms with Gasteiger partial charge in [-0.3, -0.25) is 9.69 Å². The van der Waals surface area contributed by atoms with E-state index in [2.05, 4.69) is 15.5 Å². The normalized spacial score (nSPS) is 16.0. The summed E-state index contributed by atoms with van der Waals surface area (Å²) in [5, 5.41) is 5.64. The van der Waals surface area contributed by atoms with Crippen LogP contribution in [0.4, 0.5) is 18.9 Å². The Hall–Kier alpha value is -1.35. The van der Waals surface area contributed by atoms with Crippen molar-refractivity contribution in [2.75, 3.05) is 51.3 Å². The third-order valence-corrected chi connectivity index (χ3v) is 4.13. The van der Waals surface area contributed by atoms with Crippen LogP contribution in [0, 0.1) is 0 Å². The zero-order valence-corrected chi connectivity index (χ0v) is 14.4. The van der Waals surface area contributed by atoms with Gasteiger partial charge in [0.1, 0.15) is 0 Å². The number of ether oxygens (including phenoxy) is 1. The monoisotopic (exact) mass is 379 g/mol. The van der Waals surface area contributed by atoms with Crippen molar-refractivity contribution in [3.63, 3.8) is 0 Å². The summed E-state index contributed by atoms with van der Waals surface area (Å²) in [6.45, 7) is 5.31. The highest BCUT2D eigenvalue weighted by molar-refractivity contribution is 6.33. The summed E-state index contributed by atoms with van der Waals surface area (Å²) in [5.41, 5.74) is -0.884. The van der Waals surface area contributed by atoms with Crippen LogP contribution in [0.3, 0.4) is 0 Å². The number of alkyl halides is 3. The molecule has 2 rings (SSSR count). The number of morpholine rings is 1. The molecule has 2 N–H and O–H groups in total. The van der Waals surface area contributed by atoms with Crippen LogP contribution in [0.25, 0.3) is 0 Å². The van der Waals surface area contributed by atoms with E-state index in [-0.39, 0.29) is 23.0 Å². The van der Waals surface area contributed by atoms with Crippen LogP contribution in [-0.2, 0) is 15.7 Å². The molecule has 140 valence electrons. The van der Waals surface area contributed by atoms with Gasteiger partial charge >= 0.3 is 6.18 Å². The number of amides is 1. The fraction of sp³-hybridized carbons (Fsp3) is 0.562. The van der Waals surface area contributed by atoms with Crippen molar-refractivity contribution < 1.29 is 22.7 Å². The van der Waals surface area contributed by atoms with Crippen molar-refractivity contribution in [3.8, 4) is 0 Å². The van der Waals surface area contributed by atoms with E-state index in [4.69, 9.17) is 16.3 Å². The van der Waals surface area contributed by atoms with Crippen molar-refractivity contribution in [1.29, 1.82) is 0 Å². The van der Waals surface area contributed by atoms with Crippen LogP contribution in [0.1, 0.15) is 12.0 Å². The minimum Gasteiger partial charge on any atom is -0.379 e. The first-order chi connectivity index (χ1) is 11.9. The Balaban J connectivity index is 1.71. The van der Waals surface area contributed by atoms with Crippen LogP contribution in [-0.4, -0.2) is 56.7 Å². The van der Waals surface area contributed by atoms with Gasteiger partial charge in [-0.15, -0.1) is 0 Å². The van der Waals surface area contributed by atoms with E-state index in [9.17, 15) is 18.0 Å². The molecule has 9 heteroatoms. The number of benzene rings is 1. The standard InChI is InChI=1S/C16H21ClF3N3O2/c17-13-2-1-12(16(18,19)20)11-14(13)22-15(24)3-4-21-5-6-23-7-9-25-10-8-23/h1-2,11,21H,3-10H2,(H,22,24). The Morgan fingerprint density at radius 3 is 2.64 bits per heavy atom. The maximum Gasteiger partial charge on any atom is 0.416 e. The fourth-order valence-corrected chi connectivity index (χ4v) is 2.56. The zero-order chi connectivity index (χ0) is 18.3. The van der Waals surface area contributed by atoms with Gasteiger partial charge in [-0.25, -0.2) is 0 Å². The topological polar surface area (TPSA) is 53.6 Å². The summed E-state index contributed by atoms with van der Waals surface area (Å²) in [6.07, 6.45) is -4.33. The number of hydrogen-bond acceptors (Lipinski definition) is 4.